The lowest BCUT2D eigenvalue weighted by Gasteiger charge is -2.32. The number of carbonyl (C=O) groups is 3. The summed E-state index contributed by atoms with van der Waals surface area (Å²) in [5.74, 6) is 0.159. The number of amides is 3. The number of likely N-dealkylation sites (tertiary alicyclic amines) is 1. The Bertz CT molecular complexity index is 909. The van der Waals surface area contributed by atoms with Crippen LogP contribution in [0.15, 0.2) is 42.5 Å². The van der Waals surface area contributed by atoms with Gasteiger partial charge in [0.25, 0.3) is 0 Å². The second-order valence-corrected chi connectivity index (χ2v) is 8.03. The van der Waals surface area contributed by atoms with Crippen molar-refractivity contribution in [2.24, 2.45) is 5.92 Å². The molecule has 1 heterocycles. The Labute approximate surface area is 170 Å². The highest BCUT2D eigenvalue weighted by molar-refractivity contribution is 5.91. The van der Waals surface area contributed by atoms with Crippen molar-refractivity contribution < 1.29 is 14.4 Å². The smallest absolute Gasteiger partial charge is 0.241 e. The Hall–Kier alpha value is -2.89. The summed E-state index contributed by atoms with van der Waals surface area (Å²) in [5, 5.41) is 8.01. The van der Waals surface area contributed by atoms with Gasteiger partial charge in [0.1, 0.15) is 0 Å². The van der Waals surface area contributed by atoms with Crippen molar-refractivity contribution in [1.29, 1.82) is 0 Å². The van der Waals surface area contributed by atoms with Gasteiger partial charge >= 0.3 is 0 Å². The highest BCUT2D eigenvalue weighted by Crippen LogP contribution is 2.29. The maximum absolute atomic E-state index is 12.4. The van der Waals surface area contributed by atoms with Crippen LogP contribution >= 0.6 is 0 Å². The first-order chi connectivity index (χ1) is 14.1. The quantitative estimate of drug-likeness (QED) is 0.788. The highest BCUT2D eigenvalue weighted by Gasteiger charge is 2.32. The molecule has 4 rings (SSSR count). The number of carbonyl (C=O) groups excluding carboxylic acids is 3. The van der Waals surface area contributed by atoms with Gasteiger partial charge in [-0.1, -0.05) is 42.5 Å². The van der Waals surface area contributed by atoms with Crippen LogP contribution in [-0.4, -0.2) is 48.3 Å². The topological polar surface area (TPSA) is 78.5 Å². The standard InChI is InChI=1S/C23H27N3O3/c27-21(14-18-6-3-5-16-4-1-2-7-20(16)18)24-15-22(28)26-12-10-19(11-13-26)25-23(29)17-8-9-17/h1-7,17,19H,8-15H2,(H,24,27)(H,25,29). The molecule has 2 aromatic carbocycles. The van der Waals surface area contributed by atoms with Crippen LogP contribution in [0.1, 0.15) is 31.2 Å². The van der Waals surface area contributed by atoms with Gasteiger partial charge in [-0.15, -0.1) is 0 Å². The Morgan fingerprint density at radius 3 is 2.41 bits per heavy atom. The van der Waals surface area contributed by atoms with Crippen LogP contribution in [0.5, 0.6) is 0 Å². The molecule has 0 radical (unpaired) electrons. The molecule has 1 aliphatic heterocycles. The van der Waals surface area contributed by atoms with E-state index in [-0.39, 0.29) is 42.6 Å². The Morgan fingerprint density at radius 2 is 1.66 bits per heavy atom. The second kappa shape index (κ2) is 8.64. The fourth-order valence-electron chi connectivity index (χ4n) is 3.91. The zero-order valence-electron chi connectivity index (χ0n) is 16.5. The van der Waals surface area contributed by atoms with Crippen molar-refractivity contribution in [2.75, 3.05) is 19.6 Å². The maximum atomic E-state index is 12.4. The zero-order chi connectivity index (χ0) is 20.2. The summed E-state index contributed by atoms with van der Waals surface area (Å²) in [5.41, 5.74) is 0.959. The summed E-state index contributed by atoms with van der Waals surface area (Å²) >= 11 is 0. The summed E-state index contributed by atoms with van der Waals surface area (Å²) in [6.45, 7) is 1.25. The first-order valence-corrected chi connectivity index (χ1v) is 10.4. The van der Waals surface area contributed by atoms with Gasteiger partial charge in [-0.2, -0.15) is 0 Å². The molecule has 6 nitrogen and oxygen atoms in total. The predicted octanol–water partition coefficient (Wildman–Crippen LogP) is 2.02. The lowest BCUT2D eigenvalue weighted by molar-refractivity contribution is -0.133. The van der Waals surface area contributed by atoms with Crippen molar-refractivity contribution in [3.05, 3.63) is 48.0 Å². The Kier molecular flexibility index (Phi) is 5.79. The van der Waals surface area contributed by atoms with Crippen LogP contribution in [0.2, 0.25) is 0 Å². The van der Waals surface area contributed by atoms with E-state index < -0.39 is 0 Å². The van der Waals surface area contributed by atoms with Crippen LogP contribution in [0.25, 0.3) is 10.8 Å². The molecule has 1 aliphatic carbocycles. The van der Waals surface area contributed by atoms with E-state index in [0.717, 1.165) is 42.0 Å². The largest absolute Gasteiger partial charge is 0.353 e. The summed E-state index contributed by atoms with van der Waals surface area (Å²) < 4.78 is 0. The van der Waals surface area contributed by atoms with Gasteiger partial charge in [0.05, 0.1) is 13.0 Å². The van der Waals surface area contributed by atoms with Crippen molar-refractivity contribution in [3.63, 3.8) is 0 Å². The number of nitrogens with one attached hydrogen (secondary N) is 2. The van der Waals surface area contributed by atoms with E-state index in [1.807, 2.05) is 42.5 Å². The average molecular weight is 393 g/mol. The minimum Gasteiger partial charge on any atom is -0.353 e. The van der Waals surface area contributed by atoms with E-state index in [4.69, 9.17) is 0 Å². The molecule has 0 atom stereocenters. The second-order valence-electron chi connectivity index (χ2n) is 8.03. The number of hydrogen-bond donors (Lipinski definition) is 2. The Balaban J connectivity index is 1.22. The third-order valence-corrected chi connectivity index (χ3v) is 5.81. The van der Waals surface area contributed by atoms with Crippen LogP contribution in [-0.2, 0) is 20.8 Å². The van der Waals surface area contributed by atoms with Crippen LogP contribution in [0, 0.1) is 5.92 Å². The van der Waals surface area contributed by atoms with E-state index in [9.17, 15) is 14.4 Å². The third kappa shape index (κ3) is 4.94. The molecule has 2 fully saturated rings. The summed E-state index contributed by atoms with van der Waals surface area (Å²) in [4.78, 5) is 38.4. The molecular weight excluding hydrogens is 366 g/mol. The Morgan fingerprint density at radius 1 is 0.931 bits per heavy atom. The fraction of sp³-hybridized carbons (Fsp3) is 0.435. The molecule has 6 heteroatoms. The van der Waals surface area contributed by atoms with Crippen LogP contribution in [0.4, 0.5) is 0 Å². The SMILES string of the molecule is O=C(Cc1cccc2ccccc12)NCC(=O)N1CCC(NC(=O)C2CC2)CC1. The highest BCUT2D eigenvalue weighted by atomic mass is 16.2. The van der Waals surface area contributed by atoms with Gasteiger partial charge in [-0.3, -0.25) is 14.4 Å². The number of hydrogen-bond acceptors (Lipinski definition) is 3. The molecule has 2 aliphatic rings. The van der Waals surface area contributed by atoms with Crippen molar-refractivity contribution in [3.8, 4) is 0 Å². The molecule has 1 saturated carbocycles. The monoisotopic (exact) mass is 393 g/mol. The van der Waals surface area contributed by atoms with E-state index >= 15 is 0 Å². The van der Waals surface area contributed by atoms with Crippen molar-refractivity contribution in [2.45, 2.75) is 38.1 Å². The molecule has 0 spiro atoms. The van der Waals surface area contributed by atoms with E-state index in [1.54, 1.807) is 4.90 Å². The number of piperidine rings is 1. The lowest BCUT2D eigenvalue weighted by Crippen LogP contribution is -2.49. The van der Waals surface area contributed by atoms with Gasteiger partial charge in [0.2, 0.25) is 17.7 Å². The molecule has 3 amide bonds. The van der Waals surface area contributed by atoms with Crippen molar-refractivity contribution >= 4 is 28.5 Å². The predicted molar refractivity (Wildman–Crippen MR) is 111 cm³/mol. The molecule has 1 saturated heterocycles. The molecule has 2 N–H and O–H groups in total. The molecule has 152 valence electrons. The number of benzene rings is 2. The first-order valence-electron chi connectivity index (χ1n) is 10.4. The van der Waals surface area contributed by atoms with E-state index in [1.165, 1.54) is 0 Å². The van der Waals surface area contributed by atoms with E-state index in [2.05, 4.69) is 10.6 Å². The fourth-order valence-corrected chi connectivity index (χ4v) is 3.91. The van der Waals surface area contributed by atoms with Crippen LogP contribution in [0.3, 0.4) is 0 Å². The van der Waals surface area contributed by atoms with Crippen molar-refractivity contribution in [1.82, 2.24) is 15.5 Å². The first kappa shape index (κ1) is 19.4. The van der Waals surface area contributed by atoms with Gasteiger partial charge in [0.15, 0.2) is 0 Å². The minimum absolute atomic E-state index is 0.0166. The molecule has 0 aromatic heterocycles. The van der Waals surface area contributed by atoms with Gasteiger partial charge in [-0.25, -0.2) is 0 Å². The molecule has 0 bridgehead atoms. The van der Waals surface area contributed by atoms with Gasteiger partial charge in [0, 0.05) is 25.0 Å². The van der Waals surface area contributed by atoms with Gasteiger partial charge in [-0.05, 0) is 42.0 Å². The molecule has 2 aromatic rings. The maximum Gasteiger partial charge on any atom is 0.241 e. The average Bonchev–Trinajstić information content (AvgIpc) is 3.58. The molecule has 29 heavy (non-hydrogen) atoms. The summed E-state index contributed by atoms with van der Waals surface area (Å²) in [6.07, 6.45) is 3.80. The zero-order valence-corrected chi connectivity index (χ0v) is 16.5. The summed E-state index contributed by atoms with van der Waals surface area (Å²) in [6, 6.07) is 14.1. The molecular formula is C23H27N3O3. The van der Waals surface area contributed by atoms with Crippen LogP contribution < -0.4 is 10.6 Å². The normalized spacial score (nSPS) is 17.2. The third-order valence-electron chi connectivity index (χ3n) is 5.81. The number of nitrogens with zero attached hydrogens (tertiary/aromatic N) is 1. The summed E-state index contributed by atoms with van der Waals surface area (Å²) in [7, 11) is 0. The lowest BCUT2D eigenvalue weighted by atomic mass is 10.0. The van der Waals surface area contributed by atoms with E-state index in [0.29, 0.717) is 13.1 Å². The number of fused-ring (bicyclic) bond motifs is 1. The molecule has 0 unspecified atom stereocenters. The minimum atomic E-state index is -0.152. The number of rotatable bonds is 6. The van der Waals surface area contributed by atoms with Gasteiger partial charge < -0.3 is 15.5 Å².